The number of ether oxygens (including phenoxy) is 1. The second kappa shape index (κ2) is 12.0. The summed E-state index contributed by atoms with van der Waals surface area (Å²) in [6.07, 6.45) is 5.51. The molecule has 3 aliphatic rings. The molecule has 6 rings (SSSR count). The molecule has 5 N–H and O–H groups in total. The van der Waals surface area contributed by atoms with Crippen LogP contribution in [-0.4, -0.2) is 41.0 Å². The normalized spacial score (nSPS) is 22.3. The standard InChI is InChI=1S/C32H37BrN4O4/c1-20-26(23-19-22(33)10-11-25(23)36-27(20)21-7-3-2-4-8-21)28(38)37-32-15-12-31(13-16-32,14-17-32)30(40)41-29(39)24(35)9-5-6-18-34/h2-4,7-8,10-11,19,24H,5-6,9,12-18,34-35H2,1H3,(H,37,38)/t24-,31?,32?/m0/s1. The summed E-state index contributed by atoms with van der Waals surface area (Å²) in [6, 6.07) is 14.9. The van der Waals surface area contributed by atoms with Gasteiger partial charge >= 0.3 is 11.9 Å². The van der Waals surface area contributed by atoms with Crippen molar-refractivity contribution in [3.63, 3.8) is 0 Å². The first kappa shape index (κ1) is 29.4. The van der Waals surface area contributed by atoms with Crippen molar-refractivity contribution in [1.29, 1.82) is 0 Å². The summed E-state index contributed by atoms with van der Waals surface area (Å²) in [5, 5.41) is 4.17. The number of amides is 1. The average molecular weight is 622 g/mol. The van der Waals surface area contributed by atoms with Gasteiger partial charge in [0.25, 0.3) is 5.91 Å². The quantitative estimate of drug-likeness (QED) is 0.167. The van der Waals surface area contributed by atoms with Crippen molar-refractivity contribution in [1.82, 2.24) is 10.3 Å². The van der Waals surface area contributed by atoms with Gasteiger partial charge in [0, 0.05) is 21.0 Å². The number of hydrogen-bond acceptors (Lipinski definition) is 7. The van der Waals surface area contributed by atoms with Gasteiger partial charge in [0.2, 0.25) is 0 Å². The van der Waals surface area contributed by atoms with Crippen molar-refractivity contribution in [2.45, 2.75) is 76.3 Å². The fourth-order valence-electron chi connectivity index (χ4n) is 6.38. The van der Waals surface area contributed by atoms with E-state index in [1.807, 2.05) is 55.5 Å². The lowest BCUT2D eigenvalue weighted by molar-refractivity contribution is -0.173. The first-order valence-electron chi connectivity index (χ1n) is 14.4. The van der Waals surface area contributed by atoms with Gasteiger partial charge < -0.3 is 21.5 Å². The van der Waals surface area contributed by atoms with E-state index in [1.165, 1.54) is 0 Å². The smallest absolute Gasteiger partial charge is 0.330 e. The van der Waals surface area contributed by atoms with Crippen LogP contribution in [0.4, 0.5) is 0 Å². The maximum atomic E-state index is 14.1. The lowest BCUT2D eigenvalue weighted by atomic mass is 9.57. The SMILES string of the molecule is Cc1c(-c2ccccc2)nc2ccc(Br)cc2c1C(=O)NC12CCC(C(=O)OC(=O)[C@@H](N)CCCCN)(CC1)CC2. The number of pyridine rings is 1. The molecule has 0 radical (unpaired) electrons. The third kappa shape index (κ3) is 5.94. The summed E-state index contributed by atoms with van der Waals surface area (Å²) < 4.78 is 6.16. The van der Waals surface area contributed by atoms with Crippen LogP contribution in [0.5, 0.6) is 0 Å². The summed E-state index contributed by atoms with van der Waals surface area (Å²) in [7, 11) is 0. The predicted octanol–water partition coefficient (Wildman–Crippen LogP) is 5.32. The summed E-state index contributed by atoms with van der Waals surface area (Å²) in [6.45, 7) is 2.48. The van der Waals surface area contributed by atoms with E-state index in [1.54, 1.807) is 0 Å². The van der Waals surface area contributed by atoms with E-state index in [9.17, 15) is 14.4 Å². The Morgan fingerprint density at radius 2 is 1.71 bits per heavy atom. The summed E-state index contributed by atoms with van der Waals surface area (Å²) in [5.41, 5.74) is 14.3. The fraction of sp³-hybridized carbons (Fsp3) is 0.438. The Kier molecular flexibility index (Phi) is 8.59. The Morgan fingerprint density at radius 3 is 2.37 bits per heavy atom. The molecule has 9 heteroatoms. The number of aromatic nitrogens is 1. The van der Waals surface area contributed by atoms with Gasteiger partial charge in [-0.15, -0.1) is 0 Å². The highest BCUT2D eigenvalue weighted by molar-refractivity contribution is 9.10. The summed E-state index contributed by atoms with van der Waals surface area (Å²) >= 11 is 3.55. The van der Waals surface area contributed by atoms with Crippen LogP contribution in [0, 0.1) is 12.3 Å². The number of esters is 2. The average Bonchev–Trinajstić information content (AvgIpc) is 2.98. The van der Waals surface area contributed by atoms with Crippen LogP contribution in [0.15, 0.2) is 53.0 Å². The first-order valence-corrected chi connectivity index (χ1v) is 15.2. The third-order valence-electron chi connectivity index (χ3n) is 8.99. The molecule has 3 aliphatic carbocycles. The van der Waals surface area contributed by atoms with Gasteiger partial charge in [-0.1, -0.05) is 52.7 Å². The van der Waals surface area contributed by atoms with Gasteiger partial charge in [0.05, 0.1) is 22.2 Å². The molecule has 216 valence electrons. The molecule has 2 bridgehead atoms. The number of hydrogen-bond donors (Lipinski definition) is 3. The number of nitrogens with two attached hydrogens (primary N) is 2. The largest absolute Gasteiger partial charge is 0.392 e. The molecule has 0 saturated heterocycles. The van der Waals surface area contributed by atoms with Crippen LogP contribution in [0.3, 0.4) is 0 Å². The first-order chi connectivity index (χ1) is 19.7. The zero-order valence-corrected chi connectivity index (χ0v) is 25.0. The van der Waals surface area contributed by atoms with E-state index in [-0.39, 0.29) is 5.91 Å². The molecule has 3 fully saturated rings. The number of nitrogens with one attached hydrogen (secondary N) is 1. The Balaban J connectivity index is 1.33. The molecule has 3 saturated carbocycles. The number of rotatable bonds is 9. The van der Waals surface area contributed by atoms with Crippen LogP contribution in [0.25, 0.3) is 22.2 Å². The third-order valence-corrected chi connectivity index (χ3v) is 9.48. The maximum absolute atomic E-state index is 14.1. The van der Waals surface area contributed by atoms with Gasteiger partial charge in [0.1, 0.15) is 6.04 Å². The number of unbranched alkanes of at least 4 members (excludes halogenated alkanes) is 1. The van der Waals surface area contributed by atoms with Crippen LogP contribution in [-0.2, 0) is 14.3 Å². The second-order valence-electron chi connectivity index (χ2n) is 11.6. The molecule has 8 nitrogen and oxygen atoms in total. The van der Waals surface area contributed by atoms with Crippen LogP contribution in [0.2, 0.25) is 0 Å². The van der Waals surface area contributed by atoms with Gasteiger partial charge in [-0.05, 0) is 88.6 Å². The molecular weight excluding hydrogens is 584 g/mol. The molecular formula is C32H37BrN4O4. The zero-order chi connectivity index (χ0) is 29.2. The number of carbonyl (C=O) groups excluding carboxylic acids is 3. The second-order valence-corrected chi connectivity index (χ2v) is 12.5. The molecule has 0 spiro atoms. The van der Waals surface area contributed by atoms with Crippen molar-refractivity contribution in [2.24, 2.45) is 16.9 Å². The van der Waals surface area contributed by atoms with Crippen molar-refractivity contribution in [2.75, 3.05) is 6.54 Å². The Labute approximate surface area is 248 Å². The molecule has 1 aromatic heterocycles. The highest BCUT2D eigenvalue weighted by Crippen LogP contribution is 2.53. The topological polar surface area (TPSA) is 137 Å². The molecule has 0 unspecified atom stereocenters. The Bertz CT molecular complexity index is 1450. The minimum absolute atomic E-state index is 0.138. The maximum Gasteiger partial charge on any atom is 0.330 e. The minimum Gasteiger partial charge on any atom is -0.392 e. The molecule has 3 aromatic rings. The number of fused-ring (bicyclic) bond motifs is 4. The molecule has 0 aliphatic heterocycles. The highest BCUT2D eigenvalue weighted by Gasteiger charge is 2.54. The molecule has 41 heavy (non-hydrogen) atoms. The van der Waals surface area contributed by atoms with Crippen LogP contribution < -0.4 is 16.8 Å². The van der Waals surface area contributed by atoms with Crippen molar-refractivity contribution in [3.8, 4) is 11.3 Å². The van der Waals surface area contributed by atoms with E-state index >= 15 is 0 Å². The summed E-state index contributed by atoms with van der Waals surface area (Å²) in [5.74, 6) is -1.29. The summed E-state index contributed by atoms with van der Waals surface area (Å²) in [4.78, 5) is 44.6. The molecule has 1 amide bonds. The van der Waals surface area contributed by atoms with E-state index in [2.05, 4.69) is 21.2 Å². The number of benzene rings is 2. The predicted molar refractivity (Wildman–Crippen MR) is 162 cm³/mol. The monoisotopic (exact) mass is 620 g/mol. The zero-order valence-electron chi connectivity index (χ0n) is 23.4. The van der Waals surface area contributed by atoms with E-state index < -0.39 is 28.9 Å². The Morgan fingerprint density at radius 1 is 1.02 bits per heavy atom. The highest BCUT2D eigenvalue weighted by atomic mass is 79.9. The number of carbonyl (C=O) groups is 3. The van der Waals surface area contributed by atoms with E-state index in [0.29, 0.717) is 63.5 Å². The molecule has 1 heterocycles. The van der Waals surface area contributed by atoms with E-state index in [0.717, 1.165) is 38.6 Å². The Hall–Kier alpha value is -3.14. The van der Waals surface area contributed by atoms with Gasteiger partial charge in [0.15, 0.2) is 0 Å². The lowest BCUT2D eigenvalue weighted by Crippen LogP contribution is -2.58. The van der Waals surface area contributed by atoms with Gasteiger partial charge in [-0.2, -0.15) is 0 Å². The van der Waals surface area contributed by atoms with Crippen LogP contribution >= 0.6 is 15.9 Å². The van der Waals surface area contributed by atoms with Crippen LogP contribution in [0.1, 0.15) is 73.7 Å². The van der Waals surface area contributed by atoms with Crippen molar-refractivity contribution >= 4 is 44.7 Å². The number of halogens is 1. The molecule has 2 aromatic carbocycles. The van der Waals surface area contributed by atoms with Crippen molar-refractivity contribution in [3.05, 3.63) is 64.1 Å². The lowest BCUT2D eigenvalue weighted by Gasteiger charge is -2.52. The van der Waals surface area contributed by atoms with Crippen molar-refractivity contribution < 1.29 is 19.1 Å². The van der Waals surface area contributed by atoms with Gasteiger partial charge in [-0.25, -0.2) is 9.78 Å². The van der Waals surface area contributed by atoms with Gasteiger partial charge in [-0.3, -0.25) is 9.59 Å². The molecule has 1 atom stereocenters. The fourth-order valence-corrected chi connectivity index (χ4v) is 6.75. The minimum atomic E-state index is -0.827. The van der Waals surface area contributed by atoms with E-state index in [4.69, 9.17) is 21.2 Å². The number of nitrogens with zero attached hydrogens (tertiary/aromatic N) is 1.